The lowest BCUT2D eigenvalue weighted by Gasteiger charge is -2.19. The van der Waals surface area contributed by atoms with E-state index in [2.05, 4.69) is 5.32 Å². The van der Waals surface area contributed by atoms with Gasteiger partial charge in [-0.3, -0.25) is 0 Å². The van der Waals surface area contributed by atoms with Crippen molar-refractivity contribution in [1.29, 1.82) is 0 Å². The smallest absolute Gasteiger partial charge is 0.161 e. The van der Waals surface area contributed by atoms with Crippen molar-refractivity contribution in [2.75, 3.05) is 27.6 Å². The molecule has 136 valence electrons. The molecular formula is C19H25NO4S. The van der Waals surface area contributed by atoms with E-state index in [0.717, 1.165) is 21.8 Å². The van der Waals surface area contributed by atoms with E-state index < -0.39 is 0 Å². The highest BCUT2D eigenvalue weighted by molar-refractivity contribution is 7.98. The maximum Gasteiger partial charge on any atom is 0.161 e. The molecule has 0 radical (unpaired) electrons. The number of thioether (sulfide) groups is 1. The first-order valence-electron chi connectivity index (χ1n) is 7.93. The van der Waals surface area contributed by atoms with Crippen LogP contribution >= 0.6 is 11.8 Å². The number of aromatic hydroxyl groups is 1. The van der Waals surface area contributed by atoms with Crippen LogP contribution in [0, 0.1) is 0 Å². The Kier molecular flexibility index (Phi) is 6.84. The first-order chi connectivity index (χ1) is 12.0. The molecule has 6 heteroatoms. The van der Waals surface area contributed by atoms with Crippen LogP contribution in [-0.2, 0) is 6.54 Å². The molecule has 0 saturated carbocycles. The first kappa shape index (κ1) is 19.3. The molecule has 0 fully saturated rings. The van der Waals surface area contributed by atoms with Crippen LogP contribution in [0.2, 0.25) is 0 Å². The van der Waals surface area contributed by atoms with Crippen molar-refractivity contribution >= 4 is 11.8 Å². The fraction of sp³-hybridized carbons (Fsp3) is 0.368. The summed E-state index contributed by atoms with van der Waals surface area (Å²) < 4.78 is 16.0. The molecule has 0 unspecified atom stereocenters. The zero-order valence-corrected chi connectivity index (χ0v) is 16.1. The van der Waals surface area contributed by atoms with E-state index in [1.807, 2.05) is 31.4 Å². The summed E-state index contributed by atoms with van der Waals surface area (Å²) in [6.07, 6.45) is 2.03. The normalized spacial score (nSPS) is 11.9. The van der Waals surface area contributed by atoms with Crippen molar-refractivity contribution in [3.63, 3.8) is 0 Å². The molecule has 5 nitrogen and oxygen atoms in total. The maximum atomic E-state index is 10.1. The molecule has 0 amide bonds. The van der Waals surface area contributed by atoms with Crippen LogP contribution in [0.1, 0.15) is 24.1 Å². The highest BCUT2D eigenvalue weighted by Gasteiger charge is 2.14. The van der Waals surface area contributed by atoms with E-state index >= 15 is 0 Å². The van der Waals surface area contributed by atoms with Gasteiger partial charge in [0, 0.05) is 23.0 Å². The number of nitrogens with one attached hydrogen (secondary N) is 1. The second-order valence-electron chi connectivity index (χ2n) is 5.55. The van der Waals surface area contributed by atoms with Crippen LogP contribution < -0.4 is 19.5 Å². The summed E-state index contributed by atoms with van der Waals surface area (Å²) in [5, 5.41) is 13.6. The average Bonchev–Trinajstić information content (AvgIpc) is 2.65. The monoisotopic (exact) mass is 363 g/mol. The van der Waals surface area contributed by atoms with Gasteiger partial charge in [0.15, 0.2) is 11.5 Å². The van der Waals surface area contributed by atoms with E-state index in [-0.39, 0.29) is 11.8 Å². The summed E-state index contributed by atoms with van der Waals surface area (Å²) in [7, 11) is 4.88. The van der Waals surface area contributed by atoms with Crippen LogP contribution in [0.25, 0.3) is 0 Å². The molecule has 25 heavy (non-hydrogen) atoms. The lowest BCUT2D eigenvalue weighted by atomic mass is 10.1. The number of hydrogen-bond acceptors (Lipinski definition) is 6. The van der Waals surface area contributed by atoms with E-state index in [0.29, 0.717) is 18.0 Å². The predicted molar refractivity (Wildman–Crippen MR) is 101 cm³/mol. The molecule has 2 rings (SSSR count). The SMILES string of the molecule is COc1ccc(O)c([C@@H](C)NCc2cc(OC)c(OC)cc2SC)c1. The fourth-order valence-electron chi connectivity index (χ4n) is 2.61. The Morgan fingerprint density at radius 1 is 1.04 bits per heavy atom. The quantitative estimate of drug-likeness (QED) is 0.692. The number of rotatable bonds is 8. The third kappa shape index (κ3) is 4.52. The summed E-state index contributed by atoms with van der Waals surface area (Å²) in [5.74, 6) is 2.39. The number of phenols is 1. The molecule has 2 N–H and O–H groups in total. The highest BCUT2D eigenvalue weighted by Crippen LogP contribution is 2.35. The Hall–Kier alpha value is -2.05. The molecule has 0 aliphatic rings. The third-order valence-electron chi connectivity index (χ3n) is 4.09. The van der Waals surface area contributed by atoms with Gasteiger partial charge in [-0.25, -0.2) is 0 Å². The molecule has 2 aromatic carbocycles. The van der Waals surface area contributed by atoms with E-state index in [4.69, 9.17) is 14.2 Å². The number of benzene rings is 2. The molecule has 0 spiro atoms. The van der Waals surface area contributed by atoms with Gasteiger partial charge in [0.05, 0.1) is 21.3 Å². The Balaban J connectivity index is 2.20. The van der Waals surface area contributed by atoms with Crippen LogP contribution in [0.5, 0.6) is 23.0 Å². The summed E-state index contributed by atoms with van der Waals surface area (Å²) in [6, 6.07) is 9.15. The minimum atomic E-state index is -0.0436. The van der Waals surface area contributed by atoms with Crippen LogP contribution in [0.3, 0.4) is 0 Å². The van der Waals surface area contributed by atoms with Gasteiger partial charge in [0.2, 0.25) is 0 Å². The molecule has 2 aromatic rings. The lowest BCUT2D eigenvalue weighted by molar-refractivity contribution is 0.353. The van der Waals surface area contributed by atoms with E-state index in [1.54, 1.807) is 45.2 Å². The molecule has 0 heterocycles. The van der Waals surface area contributed by atoms with Crippen LogP contribution in [0.4, 0.5) is 0 Å². The second kappa shape index (κ2) is 8.87. The molecule has 0 bridgehead atoms. The van der Waals surface area contributed by atoms with Crippen molar-refractivity contribution in [1.82, 2.24) is 5.32 Å². The standard InChI is InChI=1S/C19H25NO4S/c1-12(15-9-14(22-2)6-7-16(15)21)20-11-13-8-17(23-3)18(24-4)10-19(13)25-5/h6-10,12,20-21H,11H2,1-5H3/t12-/m1/s1. The van der Waals surface area contributed by atoms with Crippen LogP contribution in [-0.4, -0.2) is 32.7 Å². The van der Waals surface area contributed by atoms with Crippen LogP contribution in [0.15, 0.2) is 35.2 Å². The third-order valence-corrected chi connectivity index (χ3v) is 4.91. The summed E-state index contributed by atoms with van der Waals surface area (Å²) in [4.78, 5) is 1.12. The minimum absolute atomic E-state index is 0.0436. The largest absolute Gasteiger partial charge is 0.508 e. The topological polar surface area (TPSA) is 60.0 Å². The Morgan fingerprint density at radius 2 is 1.72 bits per heavy atom. The predicted octanol–water partition coefficient (Wildman–Crippen LogP) is 3.99. The maximum absolute atomic E-state index is 10.1. The molecule has 0 aromatic heterocycles. The fourth-order valence-corrected chi connectivity index (χ4v) is 3.23. The second-order valence-corrected chi connectivity index (χ2v) is 6.39. The average molecular weight is 363 g/mol. The number of phenolic OH excluding ortho intramolecular Hbond substituents is 1. The van der Waals surface area contributed by atoms with Crippen molar-refractivity contribution in [2.45, 2.75) is 24.4 Å². The first-order valence-corrected chi connectivity index (χ1v) is 9.15. The van der Waals surface area contributed by atoms with Crippen molar-refractivity contribution in [2.24, 2.45) is 0 Å². The zero-order valence-electron chi connectivity index (χ0n) is 15.3. The van der Waals surface area contributed by atoms with Crippen molar-refractivity contribution in [3.8, 4) is 23.0 Å². The molecule has 0 aliphatic carbocycles. The summed E-state index contributed by atoms with van der Waals surface area (Å²) in [6.45, 7) is 2.64. The van der Waals surface area contributed by atoms with Gasteiger partial charge in [-0.2, -0.15) is 0 Å². The van der Waals surface area contributed by atoms with Gasteiger partial charge < -0.3 is 24.6 Å². The van der Waals surface area contributed by atoms with Gasteiger partial charge in [0.1, 0.15) is 11.5 Å². The van der Waals surface area contributed by atoms with Crippen molar-refractivity contribution in [3.05, 3.63) is 41.5 Å². The molecule has 1 atom stereocenters. The van der Waals surface area contributed by atoms with Gasteiger partial charge in [-0.1, -0.05) is 0 Å². The van der Waals surface area contributed by atoms with E-state index in [9.17, 15) is 5.11 Å². The Morgan fingerprint density at radius 3 is 2.32 bits per heavy atom. The number of ether oxygens (including phenoxy) is 3. The van der Waals surface area contributed by atoms with Crippen molar-refractivity contribution < 1.29 is 19.3 Å². The van der Waals surface area contributed by atoms with E-state index in [1.165, 1.54) is 0 Å². The lowest BCUT2D eigenvalue weighted by Crippen LogP contribution is -2.18. The summed E-state index contributed by atoms with van der Waals surface area (Å²) in [5.41, 5.74) is 1.91. The number of hydrogen-bond donors (Lipinski definition) is 2. The molecular weight excluding hydrogens is 338 g/mol. The zero-order chi connectivity index (χ0) is 18.4. The summed E-state index contributed by atoms with van der Waals surface area (Å²) >= 11 is 1.66. The highest BCUT2D eigenvalue weighted by atomic mass is 32.2. The van der Waals surface area contributed by atoms with Gasteiger partial charge in [-0.05, 0) is 49.1 Å². The minimum Gasteiger partial charge on any atom is -0.508 e. The molecule has 0 aliphatic heterocycles. The Bertz CT molecular complexity index is 721. The Labute approximate surface area is 153 Å². The van der Waals surface area contributed by atoms with Gasteiger partial charge >= 0.3 is 0 Å². The molecule has 0 saturated heterocycles. The number of methoxy groups -OCH3 is 3. The van der Waals surface area contributed by atoms with Gasteiger partial charge in [-0.15, -0.1) is 11.8 Å². The van der Waals surface area contributed by atoms with Gasteiger partial charge in [0.25, 0.3) is 0 Å².